The highest BCUT2D eigenvalue weighted by Crippen LogP contribution is 2.38. The smallest absolute Gasteiger partial charge is 0.249 e. The van der Waals surface area contributed by atoms with Gasteiger partial charge in [-0.1, -0.05) is 44.2 Å². The molecule has 24 heavy (non-hydrogen) atoms. The van der Waals surface area contributed by atoms with Crippen LogP contribution < -0.4 is 5.73 Å². The maximum atomic E-state index is 13.3. The fraction of sp³-hybridized carbons (Fsp3) is 0.333. The molecule has 1 aliphatic carbocycles. The predicted octanol–water partition coefficient (Wildman–Crippen LogP) is 2.67. The standard InChI is InChI=1S/C18H21NO4S/c1-4-14(20)16-13(17(19)21)9-7-10-15(16)24(22,23)18(3)11-6-5-8-12(18)2/h5-12H,4H2,1-3H3,(H2,19,21). The third-order valence-electron chi connectivity index (χ3n) is 4.60. The maximum absolute atomic E-state index is 13.3. The number of hydrogen-bond donors (Lipinski definition) is 1. The number of amides is 1. The minimum Gasteiger partial charge on any atom is -0.366 e. The first-order valence-electron chi connectivity index (χ1n) is 7.73. The van der Waals surface area contributed by atoms with Crippen molar-refractivity contribution in [3.05, 3.63) is 53.6 Å². The van der Waals surface area contributed by atoms with Crippen LogP contribution in [0.1, 0.15) is 47.9 Å². The highest BCUT2D eigenvalue weighted by molar-refractivity contribution is 7.93. The van der Waals surface area contributed by atoms with Gasteiger partial charge in [0.15, 0.2) is 15.6 Å². The number of carbonyl (C=O) groups is 2. The molecule has 128 valence electrons. The summed E-state index contributed by atoms with van der Waals surface area (Å²) in [5.41, 5.74) is 5.18. The van der Waals surface area contributed by atoms with Crippen molar-refractivity contribution in [3.8, 4) is 0 Å². The van der Waals surface area contributed by atoms with E-state index in [1.165, 1.54) is 18.2 Å². The van der Waals surface area contributed by atoms with E-state index in [2.05, 4.69) is 0 Å². The van der Waals surface area contributed by atoms with Crippen molar-refractivity contribution in [1.82, 2.24) is 0 Å². The number of nitrogens with two attached hydrogens (primary N) is 1. The first kappa shape index (κ1) is 18.1. The largest absolute Gasteiger partial charge is 0.366 e. The Morgan fingerprint density at radius 3 is 2.46 bits per heavy atom. The summed E-state index contributed by atoms with van der Waals surface area (Å²) in [6.07, 6.45) is 6.96. The van der Waals surface area contributed by atoms with Gasteiger partial charge in [-0.15, -0.1) is 0 Å². The number of sulfone groups is 1. The third-order valence-corrected chi connectivity index (χ3v) is 7.19. The summed E-state index contributed by atoms with van der Waals surface area (Å²) in [5.74, 6) is -1.52. The van der Waals surface area contributed by atoms with Gasteiger partial charge < -0.3 is 5.73 Å². The van der Waals surface area contributed by atoms with Crippen molar-refractivity contribution in [2.75, 3.05) is 0 Å². The van der Waals surface area contributed by atoms with E-state index in [9.17, 15) is 18.0 Å². The van der Waals surface area contributed by atoms with E-state index in [1.807, 2.05) is 0 Å². The Kier molecular flexibility index (Phi) is 4.80. The molecule has 0 saturated heterocycles. The summed E-state index contributed by atoms with van der Waals surface area (Å²) in [4.78, 5) is 23.9. The van der Waals surface area contributed by atoms with Crippen LogP contribution in [0.15, 0.2) is 47.4 Å². The zero-order chi connectivity index (χ0) is 18.1. The molecular weight excluding hydrogens is 326 g/mol. The summed E-state index contributed by atoms with van der Waals surface area (Å²) in [5, 5.41) is 0. The van der Waals surface area contributed by atoms with Gasteiger partial charge in [-0.25, -0.2) is 8.42 Å². The minimum atomic E-state index is -3.92. The van der Waals surface area contributed by atoms with Gasteiger partial charge in [0.25, 0.3) is 0 Å². The van der Waals surface area contributed by atoms with Crippen molar-refractivity contribution in [2.24, 2.45) is 11.7 Å². The molecule has 0 fully saturated rings. The molecule has 0 bridgehead atoms. The van der Waals surface area contributed by atoms with E-state index in [0.29, 0.717) is 0 Å². The molecule has 2 rings (SSSR count). The van der Waals surface area contributed by atoms with Crippen LogP contribution in [-0.2, 0) is 9.84 Å². The number of ketones is 1. The van der Waals surface area contributed by atoms with Crippen LogP contribution in [0, 0.1) is 5.92 Å². The van der Waals surface area contributed by atoms with E-state index in [4.69, 9.17) is 5.73 Å². The number of allylic oxidation sites excluding steroid dienone is 3. The highest BCUT2D eigenvalue weighted by Gasteiger charge is 2.44. The molecule has 6 heteroatoms. The van der Waals surface area contributed by atoms with Crippen molar-refractivity contribution < 1.29 is 18.0 Å². The molecule has 0 saturated carbocycles. The Balaban J connectivity index is 2.79. The summed E-state index contributed by atoms with van der Waals surface area (Å²) in [6.45, 7) is 5.03. The molecule has 5 nitrogen and oxygen atoms in total. The number of benzene rings is 1. The fourth-order valence-electron chi connectivity index (χ4n) is 2.82. The highest BCUT2D eigenvalue weighted by atomic mass is 32.2. The molecule has 0 aliphatic heterocycles. The SMILES string of the molecule is CCC(=O)c1c(C(N)=O)cccc1S(=O)(=O)C1(C)C=CC=CC1C. The van der Waals surface area contributed by atoms with Gasteiger partial charge in [0.05, 0.1) is 15.2 Å². The molecule has 2 unspecified atom stereocenters. The van der Waals surface area contributed by atoms with E-state index < -0.39 is 26.3 Å². The molecular formula is C18H21NO4S. The van der Waals surface area contributed by atoms with Crippen LogP contribution >= 0.6 is 0 Å². The summed E-state index contributed by atoms with van der Waals surface area (Å²) in [6, 6.07) is 4.19. The van der Waals surface area contributed by atoms with E-state index in [0.717, 1.165) is 0 Å². The normalized spacial score (nSPS) is 23.2. The quantitative estimate of drug-likeness (QED) is 0.829. The number of hydrogen-bond acceptors (Lipinski definition) is 4. The van der Waals surface area contributed by atoms with E-state index in [-0.39, 0.29) is 28.4 Å². The second kappa shape index (κ2) is 6.36. The molecule has 1 aliphatic rings. The monoisotopic (exact) mass is 347 g/mol. The van der Waals surface area contributed by atoms with Crippen LogP contribution in [-0.4, -0.2) is 24.9 Å². The lowest BCUT2D eigenvalue weighted by Crippen LogP contribution is -2.41. The Bertz CT molecular complexity index is 852. The van der Waals surface area contributed by atoms with Crippen LogP contribution in [0.3, 0.4) is 0 Å². The maximum Gasteiger partial charge on any atom is 0.249 e. The molecule has 1 aromatic rings. The second-order valence-electron chi connectivity index (χ2n) is 6.04. The van der Waals surface area contributed by atoms with Crippen molar-refractivity contribution in [2.45, 2.75) is 36.8 Å². The fourth-order valence-corrected chi connectivity index (χ4v) is 4.87. The average molecular weight is 347 g/mol. The molecule has 0 radical (unpaired) electrons. The predicted molar refractivity (Wildman–Crippen MR) is 92.6 cm³/mol. The first-order valence-corrected chi connectivity index (χ1v) is 9.21. The summed E-state index contributed by atoms with van der Waals surface area (Å²) < 4.78 is 25.5. The molecule has 0 aromatic heterocycles. The third kappa shape index (κ3) is 2.71. The lowest BCUT2D eigenvalue weighted by Gasteiger charge is -2.33. The molecule has 0 heterocycles. The zero-order valence-corrected chi connectivity index (χ0v) is 14.8. The zero-order valence-electron chi connectivity index (χ0n) is 13.9. The summed E-state index contributed by atoms with van der Waals surface area (Å²) >= 11 is 0. The van der Waals surface area contributed by atoms with E-state index >= 15 is 0 Å². The van der Waals surface area contributed by atoms with Crippen LogP contribution in [0.4, 0.5) is 0 Å². The van der Waals surface area contributed by atoms with Gasteiger partial charge in [-0.3, -0.25) is 9.59 Å². The lowest BCUT2D eigenvalue weighted by atomic mass is 9.91. The molecule has 2 N–H and O–H groups in total. The number of carbonyl (C=O) groups excluding carboxylic acids is 2. The van der Waals surface area contributed by atoms with Gasteiger partial charge in [0, 0.05) is 12.0 Å². The average Bonchev–Trinajstić information content (AvgIpc) is 2.55. The number of Topliss-reactive ketones (excluding diaryl/α,β-unsaturated/α-hetero) is 1. The van der Waals surface area contributed by atoms with Crippen LogP contribution in [0.25, 0.3) is 0 Å². The number of rotatable bonds is 5. The van der Waals surface area contributed by atoms with Crippen LogP contribution in [0.5, 0.6) is 0 Å². The van der Waals surface area contributed by atoms with Gasteiger partial charge >= 0.3 is 0 Å². The molecule has 2 atom stereocenters. The minimum absolute atomic E-state index is 0.0606. The van der Waals surface area contributed by atoms with Gasteiger partial charge in [-0.05, 0) is 25.0 Å². The Morgan fingerprint density at radius 1 is 1.25 bits per heavy atom. The van der Waals surface area contributed by atoms with Gasteiger partial charge in [-0.2, -0.15) is 0 Å². The Morgan fingerprint density at radius 2 is 1.92 bits per heavy atom. The van der Waals surface area contributed by atoms with Crippen LogP contribution in [0.2, 0.25) is 0 Å². The first-order chi connectivity index (χ1) is 11.2. The molecule has 1 amide bonds. The topological polar surface area (TPSA) is 94.3 Å². The van der Waals surface area contributed by atoms with E-state index in [1.54, 1.807) is 45.1 Å². The lowest BCUT2D eigenvalue weighted by molar-refractivity contribution is 0.0958. The number of primary amides is 1. The Hall–Kier alpha value is -2.21. The van der Waals surface area contributed by atoms with Gasteiger partial charge in [0.1, 0.15) is 0 Å². The molecule has 1 aromatic carbocycles. The van der Waals surface area contributed by atoms with Crippen molar-refractivity contribution >= 4 is 21.5 Å². The summed E-state index contributed by atoms with van der Waals surface area (Å²) in [7, 11) is -3.92. The van der Waals surface area contributed by atoms with Crippen molar-refractivity contribution in [3.63, 3.8) is 0 Å². The second-order valence-corrected chi connectivity index (χ2v) is 8.37. The molecule has 0 spiro atoms. The Labute approximate surface area is 142 Å². The van der Waals surface area contributed by atoms with Crippen molar-refractivity contribution in [1.29, 1.82) is 0 Å². The van der Waals surface area contributed by atoms with Gasteiger partial charge in [0.2, 0.25) is 5.91 Å².